The maximum atomic E-state index is 12.3. The van der Waals surface area contributed by atoms with Gasteiger partial charge in [-0.2, -0.15) is 0 Å². The Balaban J connectivity index is 1.43. The highest BCUT2D eigenvalue weighted by Crippen LogP contribution is 2.23. The van der Waals surface area contributed by atoms with Gasteiger partial charge < -0.3 is 10.2 Å². The predicted molar refractivity (Wildman–Crippen MR) is 86.6 cm³/mol. The van der Waals surface area contributed by atoms with Crippen LogP contribution in [0.4, 0.5) is 0 Å². The van der Waals surface area contributed by atoms with Crippen LogP contribution in [0.3, 0.4) is 0 Å². The van der Waals surface area contributed by atoms with Crippen molar-refractivity contribution in [3.05, 3.63) is 21.9 Å². The molecule has 1 aromatic heterocycles. The fourth-order valence-corrected chi connectivity index (χ4v) is 4.35. The monoisotopic (exact) mass is 307 g/mol. The van der Waals surface area contributed by atoms with E-state index in [1.165, 1.54) is 29.8 Å². The minimum atomic E-state index is 0.243. The van der Waals surface area contributed by atoms with Crippen molar-refractivity contribution in [2.45, 2.75) is 38.8 Å². The van der Waals surface area contributed by atoms with Gasteiger partial charge >= 0.3 is 0 Å². The van der Waals surface area contributed by atoms with Crippen molar-refractivity contribution >= 4 is 17.2 Å². The van der Waals surface area contributed by atoms with E-state index in [1.54, 1.807) is 0 Å². The molecule has 0 radical (unpaired) electrons. The van der Waals surface area contributed by atoms with Crippen molar-refractivity contribution < 1.29 is 4.79 Å². The number of rotatable bonds is 5. The Kier molecular flexibility index (Phi) is 4.93. The molecule has 2 aliphatic heterocycles. The number of amides is 1. The van der Waals surface area contributed by atoms with Crippen LogP contribution >= 0.6 is 11.3 Å². The normalized spacial score (nSPS) is 22.5. The molecule has 1 amide bonds. The van der Waals surface area contributed by atoms with Crippen molar-refractivity contribution in [2.24, 2.45) is 0 Å². The molecule has 1 atom stereocenters. The Morgan fingerprint density at radius 3 is 3.24 bits per heavy atom. The summed E-state index contributed by atoms with van der Waals surface area (Å²) < 4.78 is 0. The molecule has 1 saturated heterocycles. The molecule has 1 aromatic rings. The fourth-order valence-electron chi connectivity index (χ4n) is 3.46. The lowest BCUT2D eigenvalue weighted by molar-refractivity contribution is -0.131. The van der Waals surface area contributed by atoms with Gasteiger partial charge in [0.1, 0.15) is 0 Å². The molecule has 1 unspecified atom stereocenters. The zero-order valence-electron chi connectivity index (χ0n) is 12.8. The lowest BCUT2D eigenvalue weighted by atomic mass is 10.1. The Morgan fingerprint density at radius 2 is 2.38 bits per heavy atom. The number of nitrogens with zero attached hydrogens (tertiary/aromatic N) is 2. The summed E-state index contributed by atoms with van der Waals surface area (Å²) in [6.07, 6.45) is 3.57. The topological polar surface area (TPSA) is 35.6 Å². The van der Waals surface area contributed by atoms with Gasteiger partial charge in [0.2, 0.25) is 5.91 Å². The Bertz CT molecular complexity index is 488. The lowest BCUT2D eigenvalue weighted by Crippen LogP contribution is -2.44. The summed E-state index contributed by atoms with van der Waals surface area (Å²) in [6.45, 7) is 7.64. The summed E-state index contributed by atoms with van der Waals surface area (Å²) in [5.74, 6) is 0.243. The van der Waals surface area contributed by atoms with Gasteiger partial charge in [-0.05, 0) is 49.4 Å². The molecule has 0 bridgehead atoms. The molecule has 21 heavy (non-hydrogen) atoms. The van der Waals surface area contributed by atoms with E-state index < -0.39 is 0 Å². The van der Waals surface area contributed by atoms with Gasteiger partial charge in [0.15, 0.2) is 0 Å². The molecule has 2 aliphatic rings. The summed E-state index contributed by atoms with van der Waals surface area (Å²) in [6, 6.07) is 2.78. The van der Waals surface area contributed by atoms with E-state index in [9.17, 15) is 4.79 Å². The third-order valence-electron chi connectivity index (χ3n) is 4.72. The van der Waals surface area contributed by atoms with Gasteiger partial charge in [0.05, 0.1) is 6.54 Å². The van der Waals surface area contributed by atoms with Gasteiger partial charge in [0.25, 0.3) is 0 Å². The van der Waals surface area contributed by atoms with Crippen LogP contribution in [-0.2, 0) is 17.8 Å². The van der Waals surface area contributed by atoms with Crippen molar-refractivity contribution in [3.63, 3.8) is 0 Å². The third-order valence-corrected chi connectivity index (χ3v) is 5.74. The minimum absolute atomic E-state index is 0.243. The molecule has 0 aliphatic carbocycles. The first-order chi connectivity index (χ1) is 10.3. The number of hydrogen-bond acceptors (Lipinski definition) is 4. The van der Waals surface area contributed by atoms with E-state index in [1.807, 2.05) is 16.2 Å². The molecule has 0 aromatic carbocycles. The summed E-state index contributed by atoms with van der Waals surface area (Å²) >= 11 is 1.82. The highest BCUT2D eigenvalue weighted by molar-refractivity contribution is 7.10. The Hall–Kier alpha value is -0.910. The number of likely N-dealkylation sites (tertiary alicyclic amines) is 1. The molecule has 1 N–H and O–H groups in total. The number of hydrogen-bond donors (Lipinski definition) is 1. The molecule has 3 rings (SSSR count). The van der Waals surface area contributed by atoms with Gasteiger partial charge in [0, 0.05) is 30.6 Å². The van der Waals surface area contributed by atoms with Gasteiger partial charge in [-0.15, -0.1) is 11.3 Å². The summed E-state index contributed by atoms with van der Waals surface area (Å²) in [7, 11) is 0. The van der Waals surface area contributed by atoms with E-state index >= 15 is 0 Å². The summed E-state index contributed by atoms with van der Waals surface area (Å²) in [5.41, 5.74) is 1.34. The average molecular weight is 307 g/mol. The molecule has 5 heteroatoms. The van der Waals surface area contributed by atoms with Crippen LogP contribution in [-0.4, -0.2) is 54.5 Å². The van der Waals surface area contributed by atoms with Gasteiger partial charge in [-0.25, -0.2) is 0 Å². The van der Waals surface area contributed by atoms with Gasteiger partial charge in [-0.1, -0.05) is 6.92 Å². The average Bonchev–Trinajstić information content (AvgIpc) is 3.14. The molecular formula is C16H25N3OS. The minimum Gasteiger partial charge on any atom is -0.337 e. The van der Waals surface area contributed by atoms with Crippen molar-refractivity contribution in [1.82, 2.24) is 15.1 Å². The molecule has 116 valence electrons. The van der Waals surface area contributed by atoms with Crippen LogP contribution in [0.2, 0.25) is 0 Å². The van der Waals surface area contributed by atoms with Crippen LogP contribution in [0, 0.1) is 0 Å². The molecule has 1 fully saturated rings. The molecule has 0 spiro atoms. The maximum absolute atomic E-state index is 12.3. The standard InChI is InChI=1S/C16H25N3OS/c1-2-18-7-3-4-14(18)10-17-11-16(20)19-8-5-15-13(12-19)6-9-21-15/h6,9,14,17H,2-5,7-8,10-12H2,1H3. The van der Waals surface area contributed by atoms with E-state index in [0.29, 0.717) is 12.6 Å². The van der Waals surface area contributed by atoms with E-state index in [2.05, 4.69) is 28.6 Å². The largest absolute Gasteiger partial charge is 0.337 e. The Labute approximate surface area is 131 Å². The highest BCUT2D eigenvalue weighted by atomic mass is 32.1. The quantitative estimate of drug-likeness (QED) is 0.899. The number of carbonyl (C=O) groups is 1. The third kappa shape index (κ3) is 3.47. The van der Waals surface area contributed by atoms with Crippen LogP contribution < -0.4 is 5.32 Å². The number of nitrogens with one attached hydrogen (secondary N) is 1. The SMILES string of the molecule is CCN1CCCC1CNCC(=O)N1CCc2sccc2C1. The highest BCUT2D eigenvalue weighted by Gasteiger charge is 2.24. The van der Waals surface area contributed by atoms with Crippen LogP contribution in [0.1, 0.15) is 30.2 Å². The first kappa shape index (κ1) is 15.0. The van der Waals surface area contributed by atoms with Gasteiger partial charge in [-0.3, -0.25) is 9.69 Å². The number of carbonyl (C=O) groups excluding carboxylic acids is 1. The molecule has 3 heterocycles. The predicted octanol–water partition coefficient (Wildman–Crippen LogP) is 1.71. The smallest absolute Gasteiger partial charge is 0.236 e. The van der Waals surface area contributed by atoms with E-state index in [-0.39, 0.29) is 5.91 Å². The first-order valence-electron chi connectivity index (χ1n) is 8.05. The summed E-state index contributed by atoms with van der Waals surface area (Å²) in [4.78, 5) is 18.3. The molecule has 0 saturated carbocycles. The number of thiophene rings is 1. The van der Waals surface area contributed by atoms with Crippen molar-refractivity contribution in [1.29, 1.82) is 0 Å². The van der Waals surface area contributed by atoms with Crippen LogP contribution in [0.15, 0.2) is 11.4 Å². The first-order valence-corrected chi connectivity index (χ1v) is 8.93. The van der Waals surface area contributed by atoms with E-state index in [0.717, 1.165) is 32.6 Å². The molecular weight excluding hydrogens is 282 g/mol. The second kappa shape index (κ2) is 6.90. The van der Waals surface area contributed by atoms with Crippen LogP contribution in [0.5, 0.6) is 0 Å². The second-order valence-electron chi connectivity index (χ2n) is 5.99. The Morgan fingerprint density at radius 1 is 1.48 bits per heavy atom. The number of likely N-dealkylation sites (N-methyl/N-ethyl adjacent to an activating group) is 1. The second-order valence-corrected chi connectivity index (χ2v) is 6.99. The van der Waals surface area contributed by atoms with E-state index in [4.69, 9.17) is 0 Å². The van der Waals surface area contributed by atoms with Crippen molar-refractivity contribution in [3.8, 4) is 0 Å². The lowest BCUT2D eigenvalue weighted by Gasteiger charge is -2.28. The fraction of sp³-hybridized carbons (Fsp3) is 0.688. The zero-order chi connectivity index (χ0) is 14.7. The summed E-state index contributed by atoms with van der Waals surface area (Å²) in [5, 5.41) is 5.51. The zero-order valence-corrected chi connectivity index (χ0v) is 13.6. The number of fused-ring (bicyclic) bond motifs is 1. The maximum Gasteiger partial charge on any atom is 0.236 e. The van der Waals surface area contributed by atoms with Crippen LogP contribution in [0.25, 0.3) is 0 Å². The molecule has 4 nitrogen and oxygen atoms in total. The van der Waals surface area contributed by atoms with Crippen molar-refractivity contribution in [2.75, 3.05) is 32.7 Å².